The molecule has 1 unspecified atom stereocenters. The average Bonchev–Trinajstić information content (AvgIpc) is 1.99. The number of sulfonamides is 1. The maximum absolute atomic E-state index is 11.2. The normalized spacial score (nSPS) is 13.9. The van der Waals surface area contributed by atoms with Crippen LogP contribution >= 0.6 is 0 Å². The van der Waals surface area contributed by atoms with Crippen LogP contribution in [0.15, 0.2) is 12.7 Å². The molecule has 0 aliphatic rings. The van der Waals surface area contributed by atoms with Gasteiger partial charge in [-0.1, -0.05) is 19.9 Å². The van der Waals surface area contributed by atoms with Crippen molar-refractivity contribution in [2.24, 2.45) is 5.92 Å². The summed E-state index contributed by atoms with van der Waals surface area (Å²) in [4.78, 5) is 10.7. The Morgan fingerprint density at radius 1 is 1.57 bits per heavy atom. The van der Waals surface area contributed by atoms with E-state index in [0.717, 1.165) is 0 Å². The van der Waals surface area contributed by atoms with Gasteiger partial charge in [0.25, 0.3) is 0 Å². The second-order valence-electron chi connectivity index (χ2n) is 3.25. The third kappa shape index (κ3) is 4.38. The van der Waals surface area contributed by atoms with Crippen molar-refractivity contribution in [3.05, 3.63) is 12.7 Å². The van der Waals surface area contributed by atoms with Crippen molar-refractivity contribution in [3.8, 4) is 0 Å². The highest BCUT2D eigenvalue weighted by Gasteiger charge is 2.25. The summed E-state index contributed by atoms with van der Waals surface area (Å²) in [6.45, 7) is 6.54. The number of aliphatic carboxylic acids is 1. The van der Waals surface area contributed by atoms with Crippen LogP contribution in [-0.2, 0) is 14.8 Å². The zero-order valence-electron chi connectivity index (χ0n) is 8.23. The van der Waals surface area contributed by atoms with Gasteiger partial charge in [-0.15, -0.1) is 6.58 Å². The molecule has 0 aromatic rings. The second kappa shape index (κ2) is 5.11. The van der Waals surface area contributed by atoms with Gasteiger partial charge in [0.15, 0.2) is 0 Å². The van der Waals surface area contributed by atoms with Crippen LogP contribution in [0.4, 0.5) is 0 Å². The van der Waals surface area contributed by atoms with Crippen molar-refractivity contribution in [2.45, 2.75) is 19.9 Å². The first-order valence-corrected chi connectivity index (χ1v) is 5.79. The van der Waals surface area contributed by atoms with Gasteiger partial charge in [-0.05, 0) is 5.92 Å². The molecule has 0 spiro atoms. The lowest BCUT2D eigenvalue weighted by molar-refractivity contribution is -0.140. The summed E-state index contributed by atoms with van der Waals surface area (Å²) >= 11 is 0. The summed E-state index contributed by atoms with van der Waals surface area (Å²) in [6.07, 6.45) is 1.21. The molecule has 0 saturated heterocycles. The number of carboxylic acid groups (broad SMARTS) is 1. The minimum absolute atomic E-state index is 0.274. The zero-order valence-corrected chi connectivity index (χ0v) is 9.04. The highest BCUT2D eigenvalue weighted by molar-refractivity contribution is 7.89. The molecule has 6 heteroatoms. The molecule has 1 atom stereocenters. The Kier molecular flexibility index (Phi) is 4.79. The smallest absolute Gasteiger partial charge is 0.321 e. The quantitative estimate of drug-likeness (QED) is 0.628. The number of rotatable bonds is 6. The van der Waals surface area contributed by atoms with E-state index in [4.69, 9.17) is 5.11 Å². The third-order valence-corrected chi connectivity index (χ3v) is 2.86. The van der Waals surface area contributed by atoms with Gasteiger partial charge in [0.2, 0.25) is 10.0 Å². The minimum Gasteiger partial charge on any atom is -0.480 e. The number of hydrogen-bond acceptors (Lipinski definition) is 3. The van der Waals surface area contributed by atoms with Crippen molar-refractivity contribution in [1.29, 1.82) is 0 Å². The number of carboxylic acids is 1. The van der Waals surface area contributed by atoms with E-state index in [1.165, 1.54) is 6.08 Å². The molecular weight excluding hydrogens is 206 g/mol. The Hall–Kier alpha value is -0.880. The Morgan fingerprint density at radius 2 is 2.07 bits per heavy atom. The van der Waals surface area contributed by atoms with E-state index < -0.39 is 22.0 Å². The van der Waals surface area contributed by atoms with Crippen molar-refractivity contribution < 1.29 is 18.3 Å². The minimum atomic E-state index is -3.57. The molecule has 0 heterocycles. The molecule has 0 radical (unpaired) electrons. The van der Waals surface area contributed by atoms with Crippen LogP contribution in [0.3, 0.4) is 0 Å². The molecular formula is C8H15NO4S. The molecule has 0 fully saturated rings. The Bertz CT molecular complexity index is 307. The number of hydrogen-bond donors (Lipinski definition) is 2. The topological polar surface area (TPSA) is 83.5 Å². The fourth-order valence-corrected chi connectivity index (χ4v) is 2.03. The molecule has 0 aromatic carbocycles. The fraction of sp³-hybridized carbons (Fsp3) is 0.625. The van der Waals surface area contributed by atoms with E-state index in [9.17, 15) is 13.2 Å². The first kappa shape index (κ1) is 13.1. The van der Waals surface area contributed by atoms with Gasteiger partial charge in [0.1, 0.15) is 6.04 Å². The first-order valence-electron chi connectivity index (χ1n) is 4.14. The maximum Gasteiger partial charge on any atom is 0.321 e. The van der Waals surface area contributed by atoms with Gasteiger partial charge in [-0.3, -0.25) is 4.79 Å². The largest absolute Gasteiger partial charge is 0.480 e. The second-order valence-corrected chi connectivity index (χ2v) is 5.05. The molecule has 0 rings (SSSR count). The van der Waals surface area contributed by atoms with Crippen molar-refractivity contribution in [2.75, 3.05) is 5.75 Å². The lowest BCUT2D eigenvalue weighted by Gasteiger charge is -2.17. The molecule has 0 aliphatic heterocycles. The summed E-state index contributed by atoms with van der Waals surface area (Å²) in [6, 6.07) is -1.08. The Morgan fingerprint density at radius 3 is 2.36 bits per heavy atom. The zero-order chi connectivity index (χ0) is 11.4. The molecule has 0 aromatic heterocycles. The molecule has 5 nitrogen and oxygen atoms in total. The van der Waals surface area contributed by atoms with Crippen LogP contribution in [0.1, 0.15) is 13.8 Å². The summed E-state index contributed by atoms with van der Waals surface area (Å²) in [5.74, 6) is -1.75. The average molecular weight is 221 g/mol. The lowest BCUT2D eigenvalue weighted by atomic mass is 10.1. The molecule has 82 valence electrons. The van der Waals surface area contributed by atoms with Crippen LogP contribution in [0.5, 0.6) is 0 Å². The Balaban J connectivity index is 4.61. The van der Waals surface area contributed by atoms with E-state index in [1.807, 2.05) is 0 Å². The van der Waals surface area contributed by atoms with Crippen LogP contribution in [0.2, 0.25) is 0 Å². The van der Waals surface area contributed by atoms with E-state index in [2.05, 4.69) is 11.3 Å². The first-order chi connectivity index (χ1) is 6.30. The predicted octanol–water partition coefficient (Wildman–Crippen LogP) is 0.201. The van der Waals surface area contributed by atoms with E-state index >= 15 is 0 Å². The van der Waals surface area contributed by atoms with E-state index in [1.54, 1.807) is 13.8 Å². The monoisotopic (exact) mass is 221 g/mol. The van der Waals surface area contributed by atoms with Gasteiger partial charge in [-0.25, -0.2) is 13.1 Å². The van der Waals surface area contributed by atoms with Crippen LogP contribution in [-0.4, -0.2) is 31.3 Å². The van der Waals surface area contributed by atoms with Crippen molar-refractivity contribution in [3.63, 3.8) is 0 Å². The summed E-state index contributed by atoms with van der Waals surface area (Å²) in [7, 11) is -3.57. The lowest BCUT2D eigenvalue weighted by Crippen LogP contribution is -2.44. The molecule has 0 aliphatic carbocycles. The van der Waals surface area contributed by atoms with Gasteiger partial charge in [0, 0.05) is 0 Å². The molecule has 14 heavy (non-hydrogen) atoms. The molecule has 0 bridgehead atoms. The van der Waals surface area contributed by atoms with Gasteiger partial charge >= 0.3 is 5.97 Å². The van der Waals surface area contributed by atoms with Crippen LogP contribution in [0.25, 0.3) is 0 Å². The maximum atomic E-state index is 11.2. The van der Waals surface area contributed by atoms with Crippen molar-refractivity contribution >= 4 is 16.0 Å². The third-order valence-electron chi connectivity index (χ3n) is 1.58. The predicted molar refractivity (Wildman–Crippen MR) is 53.4 cm³/mol. The number of nitrogens with one attached hydrogen (secondary N) is 1. The standard InChI is InChI=1S/C8H15NO4S/c1-4-5-14(12,13)9-7(6(2)3)8(10)11/h4,6-7,9H,1,5H2,2-3H3,(H,10,11). The SMILES string of the molecule is C=CCS(=O)(=O)NC(C(=O)O)C(C)C. The van der Waals surface area contributed by atoms with Crippen molar-refractivity contribution in [1.82, 2.24) is 4.72 Å². The van der Waals surface area contributed by atoms with E-state index in [0.29, 0.717) is 0 Å². The fourth-order valence-electron chi connectivity index (χ4n) is 0.868. The number of carbonyl (C=O) groups is 1. The molecule has 0 saturated carbocycles. The molecule has 0 amide bonds. The summed E-state index contributed by atoms with van der Waals surface area (Å²) in [5, 5.41) is 8.72. The highest BCUT2D eigenvalue weighted by atomic mass is 32.2. The van der Waals surface area contributed by atoms with Gasteiger partial charge in [-0.2, -0.15) is 0 Å². The van der Waals surface area contributed by atoms with Gasteiger partial charge in [0.05, 0.1) is 5.75 Å². The summed E-state index contributed by atoms with van der Waals surface area (Å²) < 4.78 is 24.5. The van der Waals surface area contributed by atoms with E-state index in [-0.39, 0.29) is 11.7 Å². The van der Waals surface area contributed by atoms with Crippen LogP contribution < -0.4 is 4.72 Å². The Labute approximate surface area is 83.9 Å². The highest BCUT2D eigenvalue weighted by Crippen LogP contribution is 2.03. The molecule has 2 N–H and O–H groups in total. The van der Waals surface area contributed by atoms with Crippen LogP contribution in [0, 0.1) is 5.92 Å². The summed E-state index contributed by atoms with van der Waals surface area (Å²) in [5.41, 5.74) is 0. The van der Waals surface area contributed by atoms with Gasteiger partial charge < -0.3 is 5.11 Å².